The molecule has 0 saturated carbocycles. The number of nitrogens with zero attached hydrogens (tertiary/aromatic N) is 2. The third kappa shape index (κ3) is 4.64. The van der Waals surface area contributed by atoms with Crippen LogP contribution in [0.2, 0.25) is 0 Å². The lowest BCUT2D eigenvalue weighted by molar-refractivity contribution is -0.134. The van der Waals surface area contributed by atoms with E-state index in [1.165, 1.54) is 18.2 Å². The summed E-state index contributed by atoms with van der Waals surface area (Å²) in [5.41, 5.74) is 2.71. The largest absolute Gasteiger partial charge is 0.484 e. The van der Waals surface area contributed by atoms with Crippen molar-refractivity contribution < 1.29 is 18.7 Å². The summed E-state index contributed by atoms with van der Waals surface area (Å²) >= 11 is 0. The van der Waals surface area contributed by atoms with E-state index in [0.29, 0.717) is 37.5 Å². The van der Waals surface area contributed by atoms with Gasteiger partial charge in [-0.25, -0.2) is 4.39 Å². The summed E-state index contributed by atoms with van der Waals surface area (Å²) in [6, 6.07) is 11.5. The van der Waals surface area contributed by atoms with E-state index in [4.69, 9.17) is 4.74 Å². The number of halogens is 1. The molecule has 5 nitrogen and oxygen atoms in total. The van der Waals surface area contributed by atoms with E-state index in [2.05, 4.69) is 0 Å². The van der Waals surface area contributed by atoms with Gasteiger partial charge in [-0.15, -0.1) is 0 Å². The minimum Gasteiger partial charge on any atom is -0.484 e. The van der Waals surface area contributed by atoms with Crippen LogP contribution >= 0.6 is 0 Å². The number of hydrogen-bond acceptors (Lipinski definition) is 3. The molecule has 1 aliphatic heterocycles. The number of piperazine rings is 1. The van der Waals surface area contributed by atoms with Crippen LogP contribution in [0.4, 0.5) is 4.39 Å². The lowest BCUT2D eigenvalue weighted by Crippen LogP contribution is -2.51. The van der Waals surface area contributed by atoms with Gasteiger partial charge in [-0.2, -0.15) is 0 Å². The van der Waals surface area contributed by atoms with Crippen molar-refractivity contribution in [3.63, 3.8) is 0 Å². The van der Waals surface area contributed by atoms with Crippen molar-refractivity contribution in [1.82, 2.24) is 9.80 Å². The zero-order valence-electron chi connectivity index (χ0n) is 15.6. The van der Waals surface area contributed by atoms with E-state index in [-0.39, 0.29) is 18.4 Å². The Hall–Kier alpha value is -2.89. The third-order valence-electron chi connectivity index (χ3n) is 4.70. The molecule has 0 aliphatic carbocycles. The Labute approximate surface area is 158 Å². The van der Waals surface area contributed by atoms with E-state index in [1.807, 2.05) is 32.0 Å². The molecule has 0 unspecified atom stereocenters. The van der Waals surface area contributed by atoms with Crippen LogP contribution < -0.4 is 4.74 Å². The molecule has 0 radical (unpaired) electrons. The van der Waals surface area contributed by atoms with Gasteiger partial charge in [-0.05, 0) is 37.6 Å². The first-order valence-electron chi connectivity index (χ1n) is 8.97. The summed E-state index contributed by atoms with van der Waals surface area (Å²) in [5.74, 6) is -0.247. The monoisotopic (exact) mass is 370 g/mol. The first kappa shape index (κ1) is 18.9. The highest BCUT2D eigenvalue weighted by atomic mass is 19.1. The first-order valence-corrected chi connectivity index (χ1v) is 8.97. The van der Waals surface area contributed by atoms with Crippen molar-refractivity contribution in [3.05, 3.63) is 65.0 Å². The first-order chi connectivity index (χ1) is 12.9. The zero-order chi connectivity index (χ0) is 19.4. The summed E-state index contributed by atoms with van der Waals surface area (Å²) in [6.07, 6.45) is 0. The Morgan fingerprint density at radius 3 is 2.41 bits per heavy atom. The van der Waals surface area contributed by atoms with Crippen LogP contribution in [0.5, 0.6) is 5.75 Å². The fraction of sp³-hybridized carbons (Fsp3) is 0.333. The van der Waals surface area contributed by atoms with Crippen LogP contribution in [0.3, 0.4) is 0 Å². The number of carbonyl (C=O) groups excluding carboxylic acids is 2. The number of ether oxygens (including phenoxy) is 1. The zero-order valence-corrected chi connectivity index (χ0v) is 15.6. The molecule has 0 atom stereocenters. The molecule has 0 bridgehead atoms. The standard InChI is InChI=1S/C21H23FN2O3/c1-15-6-7-16(2)19(12-15)21(26)24-10-8-23(9-11-24)20(25)14-27-18-5-3-4-17(22)13-18/h3-7,12-13H,8-11,14H2,1-2H3. The molecule has 0 spiro atoms. The van der Waals surface area contributed by atoms with Crippen LogP contribution in [0.15, 0.2) is 42.5 Å². The van der Waals surface area contributed by atoms with Gasteiger partial charge in [-0.3, -0.25) is 9.59 Å². The highest BCUT2D eigenvalue weighted by Crippen LogP contribution is 2.16. The number of rotatable bonds is 4. The Kier molecular flexibility index (Phi) is 5.74. The molecule has 2 aromatic carbocycles. The second-order valence-electron chi connectivity index (χ2n) is 6.74. The molecule has 2 amide bonds. The van der Waals surface area contributed by atoms with E-state index in [9.17, 15) is 14.0 Å². The van der Waals surface area contributed by atoms with Crippen molar-refractivity contribution >= 4 is 11.8 Å². The number of carbonyl (C=O) groups is 2. The number of hydrogen-bond donors (Lipinski definition) is 0. The van der Waals surface area contributed by atoms with Crippen molar-refractivity contribution in [2.75, 3.05) is 32.8 Å². The molecule has 0 N–H and O–H groups in total. The molecular formula is C21H23FN2O3. The van der Waals surface area contributed by atoms with Crippen LogP contribution in [-0.4, -0.2) is 54.4 Å². The summed E-state index contributed by atoms with van der Waals surface area (Å²) in [6.45, 7) is 5.63. The molecule has 1 aliphatic rings. The molecule has 1 heterocycles. The lowest BCUT2D eigenvalue weighted by Gasteiger charge is -2.35. The minimum absolute atomic E-state index is 0.000639. The normalized spacial score (nSPS) is 14.2. The number of benzene rings is 2. The van der Waals surface area contributed by atoms with Crippen molar-refractivity contribution in [3.8, 4) is 5.75 Å². The fourth-order valence-corrected chi connectivity index (χ4v) is 3.09. The van der Waals surface area contributed by atoms with Crippen LogP contribution in [0.1, 0.15) is 21.5 Å². The van der Waals surface area contributed by atoms with Gasteiger partial charge in [0.25, 0.3) is 11.8 Å². The van der Waals surface area contributed by atoms with Gasteiger partial charge in [0.15, 0.2) is 6.61 Å². The Morgan fingerprint density at radius 1 is 1.00 bits per heavy atom. The maximum atomic E-state index is 13.1. The molecular weight excluding hydrogens is 347 g/mol. The van der Waals surface area contributed by atoms with Crippen LogP contribution in [-0.2, 0) is 4.79 Å². The summed E-state index contributed by atoms with van der Waals surface area (Å²) in [4.78, 5) is 28.5. The maximum Gasteiger partial charge on any atom is 0.260 e. The predicted molar refractivity (Wildman–Crippen MR) is 100 cm³/mol. The molecule has 3 rings (SSSR count). The van der Waals surface area contributed by atoms with Gasteiger partial charge in [-0.1, -0.05) is 23.8 Å². The average molecular weight is 370 g/mol. The molecule has 2 aromatic rings. The molecule has 27 heavy (non-hydrogen) atoms. The summed E-state index contributed by atoms with van der Waals surface area (Å²) < 4.78 is 18.5. The van der Waals surface area contributed by atoms with Crippen LogP contribution in [0.25, 0.3) is 0 Å². The van der Waals surface area contributed by atoms with E-state index in [1.54, 1.807) is 15.9 Å². The fourth-order valence-electron chi connectivity index (χ4n) is 3.09. The van der Waals surface area contributed by atoms with Gasteiger partial charge in [0.1, 0.15) is 11.6 Å². The molecule has 142 valence electrons. The Bertz CT molecular complexity index is 845. The maximum absolute atomic E-state index is 13.1. The predicted octanol–water partition coefficient (Wildman–Crippen LogP) is 2.81. The van der Waals surface area contributed by atoms with E-state index >= 15 is 0 Å². The molecule has 6 heteroatoms. The SMILES string of the molecule is Cc1ccc(C)c(C(=O)N2CCN(C(=O)COc3cccc(F)c3)CC2)c1. The highest BCUT2D eigenvalue weighted by molar-refractivity contribution is 5.96. The van der Waals surface area contributed by atoms with E-state index in [0.717, 1.165) is 11.1 Å². The van der Waals surface area contributed by atoms with Gasteiger partial charge in [0.05, 0.1) is 0 Å². The quantitative estimate of drug-likeness (QED) is 0.832. The summed E-state index contributed by atoms with van der Waals surface area (Å²) in [5, 5.41) is 0. The van der Waals surface area contributed by atoms with Crippen LogP contribution in [0, 0.1) is 19.7 Å². The second kappa shape index (κ2) is 8.20. The van der Waals surface area contributed by atoms with Crippen molar-refractivity contribution in [2.24, 2.45) is 0 Å². The highest BCUT2D eigenvalue weighted by Gasteiger charge is 2.25. The topological polar surface area (TPSA) is 49.9 Å². The van der Waals surface area contributed by atoms with Crippen molar-refractivity contribution in [1.29, 1.82) is 0 Å². The third-order valence-corrected chi connectivity index (χ3v) is 4.70. The van der Waals surface area contributed by atoms with Gasteiger partial charge >= 0.3 is 0 Å². The second-order valence-corrected chi connectivity index (χ2v) is 6.74. The number of amides is 2. The smallest absolute Gasteiger partial charge is 0.260 e. The van der Waals surface area contributed by atoms with E-state index < -0.39 is 5.82 Å². The summed E-state index contributed by atoms with van der Waals surface area (Å²) in [7, 11) is 0. The number of aryl methyl sites for hydroxylation is 2. The van der Waals surface area contributed by atoms with Crippen molar-refractivity contribution in [2.45, 2.75) is 13.8 Å². The Balaban J connectivity index is 1.53. The average Bonchev–Trinajstić information content (AvgIpc) is 2.67. The van der Waals surface area contributed by atoms with Gasteiger partial charge in [0, 0.05) is 37.8 Å². The lowest BCUT2D eigenvalue weighted by atomic mass is 10.0. The molecule has 1 saturated heterocycles. The minimum atomic E-state index is -0.404. The van der Waals surface area contributed by atoms with Gasteiger partial charge < -0.3 is 14.5 Å². The van der Waals surface area contributed by atoms with Gasteiger partial charge in [0.2, 0.25) is 0 Å². The molecule has 0 aromatic heterocycles. The Morgan fingerprint density at radius 2 is 1.70 bits per heavy atom. The molecule has 1 fully saturated rings.